The highest BCUT2D eigenvalue weighted by atomic mass is 35.5. The second-order valence-corrected chi connectivity index (χ2v) is 4.36. The van der Waals surface area contributed by atoms with Gasteiger partial charge in [-0.05, 0) is 25.1 Å². The Hall–Kier alpha value is -1.59. The van der Waals surface area contributed by atoms with Crippen LogP contribution in [-0.2, 0) is 20.3 Å². The Morgan fingerprint density at radius 3 is 2.78 bits per heavy atom. The van der Waals surface area contributed by atoms with Gasteiger partial charge in [-0.25, -0.2) is 0 Å². The molecule has 1 heterocycles. The van der Waals surface area contributed by atoms with Gasteiger partial charge >= 0.3 is 0 Å². The second kappa shape index (κ2) is 5.37. The van der Waals surface area contributed by atoms with E-state index in [0.717, 1.165) is 11.6 Å². The summed E-state index contributed by atoms with van der Waals surface area (Å²) in [5.41, 5.74) is 0.654. The van der Waals surface area contributed by atoms with Crippen LogP contribution in [0, 0.1) is 6.92 Å². The summed E-state index contributed by atoms with van der Waals surface area (Å²) >= 11 is 5.85. The standard InChI is InChI=1S/C12H14ClN3O2/c1-8-14-15-12(16(8)2)7-18-11-4-3-10(13)5-9(11)6-17/h3-5,17H,6-7H2,1-2H3. The van der Waals surface area contributed by atoms with Gasteiger partial charge < -0.3 is 14.4 Å². The third-order valence-corrected chi connectivity index (χ3v) is 2.97. The molecule has 0 amide bonds. The van der Waals surface area contributed by atoms with E-state index < -0.39 is 0 Å². The van der Waals surface area contributed by atoms with Crippen molar-refractivity contribution < 1.29 is 9.84 Å². The Bertz CT molecular complexity index is 554. The fourth-order valence-corrected chi connectivity index (χ4v) is 1.73. The molecule has 1 aromatic heterocycles. The van der Waals surface area contributed by atoms with E-state index in [4.69, 9.17) is 16.3 Å². The molecule has 0 fully saturated rings. The zero-order valence-electron chi connectivity index (χ0n) is 10.2. The van der Waals surface area contributed by atoms with Crippen molar-refractivity contribution in [2.24, 2.45) is 7.05 Å². The molecule has 0 atom stereocenters. The normalized spacial score (nSPS) is 10.7. The van der Waals surface area contributed by atoms with Crippen molar-refractivity contribution in [1.29, 1.82) is 0 Å². The summed E-state index contributed by atoms with van der Waals surface area (Å²) in [6, 6.07) is 5.13. The summed E-state index contributed by atoms with van der Waals surface area (Å²) in [5.74, 6) is 2.15. The quantitative estimate of drug-likeness (QED) is 0.918. The molecule has 0 bridgehead atoms. The maximum absolute atomic E-state index is 9.23. The predicted octanol–water partition coefficient (Wildman–Crippen LogP) is 1.85. The van der Waals surface area contributed by atoms with Crippen LogP contribution < -0.4 is 4.74 Å². The molecule has 96 valence electrons. The highest BCUT2D eigenvalue weighted by Gasteiger charge is 2.08. The van der Waals surface area contributed by atoms with E-state index in [9.17, 15) is 5.11 Å². The number of aromatic nitrogens is 3. The van der Waals surface area contributed by atoms with Crippen molar-refractivity contribution >= 4 is 11.6 Å². The minimum atomic E-state index is -0.117. The van der Waals surface area contributed by atoms with Crippen LogP contribution in [0.3, 0.4) is 0 Å². The van der Waals surface area contributed by atoms with E-state index in [2.05, 4.69) is 10.2 Å². The molecule has 2 rings (SSSR count). The van der Waals surface area contributed by atoms with Crippen molar-refractivity contribution in [1.82, 2.24) is 14.8 Å². The van der Waals surface area contributed by atoms with Gasteiger partial charge in [0, 0.05) is 17.6 Å². The van der Waals surface area contributed by atoms with Crippen LogP contribution in [0.1, 0.15) is 17.2 Å². The van der Waals surface area contributed by atoms with E-state index in [1.165, 1.54) is 0 Å². The fraction of sp³-hybridized carbons (Fsp3) is 0.333. The SMILES string of the molecule is Cc1nnc(COc2ccc(Cl)cc2CO)n1C. The summed E-state index contributed by atoms with van der Waals surface area (Å²) in [7, 11) is 1.88. The number of halogens is 1. The topological polar surface area (TPSA) is 60.2 Å². The first kappa shape index (κ1) is 12.9. The lowest BCUT2D eigenvalue weighted by molar-refractivity contribution is 0.254. The van der Waals surface area contributed by atoms with Gasteiger partial charge in [-0.1, -0.05) is 11.6 Å². The van der Waals surface area contributed by atoms with E-state index in [1.807, 2.05) is 18.5 Å². The highest BCUT2D eigenvalue weighted by Crippen LogP contribution is 2.23. The Morgan fingerprint density at radius 1 is 1.39 bits per heavy atom. The predicted molar refractivity (Wildman–Crippen MR) is 67.4 cm³/mol. The first-order valence-corrected chi connectivity index (χ1v) is 5.86. The van der Waals surface area contributed by atoms with Crippen LogP contribution in [0.5, 0.6) is 5.75 Å². The van der Waals surface area contributed by atoms with Crippen molar-refractivity contribution in [3.63, 3.8) is 0 Å². The van der Waals surface area contributed by atoms with Crippen LogP contribution >= 0.6 is 11.6 Å². The molecule has 0 saturated carbocycles. The summed E-state index contributed by atoms with van der Waals surface area (Å²) in [6.07, 6.45) is 0. The van der Waals surface area contributed by atoms with Gasteiger partial charge in [-0.3, -0.25) is 0 Å². The third kappa shape index (κ3) is 2.63. The molecular formula is C12H14ClN3O2. The van der Waals surface area contributed by atoms with Gasteiger partial charge in [0.1, 0.15) is 18.2 Å². The molecule has 18 heavy (non-hydrogen) atoms. The van der Waals surface area contributed by atoms with E-state index in [1.54, 1.807) is 18.2 Å². The molecule has 1 aromatic carbocycles. The molecule has 0 spiro atoms. The Labute approximate surface area is 110 Å². The molecule has 0 aliphatic carbocycles. The van der Waals surface area contributed by atoms with Gasteiger partial charge in [-0.2, -0.15) is 0 Å². The van der Waals surface area contributed by atoms with Crippen molar-refractivity contribution in [3.05, 3.63) is 40.4 Å². The molecule has 0 aliphatic heterocycles. The van der Waals surface area contributed by atoms with Crippen molar-refractivity contribution in [3.8, 4) is 5.75 Å². The fourth-order valence-electron chi connectivity index (χ4n) is 1.53. The maximum atomic E-state index is 9.23. The zero-order chi connectivity index (χ0) is 13.1. The lowest BCUT2D eigenvalue weighted by Gasteiger charge is -2.10. The van der Waals surface area contributed by atoms with E-state index >= 15 is 0 Å². The van der Waals surface area contributed by atoms with Crippen LogP contribution in [-0.4, -0.2) is 19.9 Å². The molecule has 0 aliphatic rings. The highest BCUT2D eigenvalue weighted by molar-refractivity contribution is 6.30. The number of benzene rings is 1. The smallest absolute Gasteiger partial charge is 0.170 e. The minimum absolute atomic E-state index is 0.117. The molecule has 2 aromatic rings. The van der Waals surface area contributed by atoms with Crippen molar-refractivity contribution in [2.75, 3.05) is 0 Å². The molecular weight excluding hydrogens is 254 g/mol. The molecule has 5 nitrogen and oxygen atoms in total. The van der Waals surface area contributed by atoms with Gasteiger partial charge in [0.2, 0.25) is 0 Å². The van der Waals surface area contributed by atoms with Gasteiger partial charge in [0.15, 0.2) is 5.82 Å². The number of aliphatic hydroxyl groups excluding tert-OH is 1. The number of hydrogen-bond donors (Lipinski definition) is 1. The molecule has 1 N–H and O–H groups in total. The molecule has 0 radical (unpaired) electrons. The second-order valence-electron chi connectivity index (χ2n) is 3.92. The summed E-state index contributed by atoms with van der Waals surface area (Å²) < 4.78 is 7.48. The van der Waals surface area contributed by atoms with Crippen LogP contribution in [0.25, 0.3) is 0 Å². The summed E-state index contributed by atoms with van der Waals surface area (Å²) in [6.45, 7) is 2.05. The first-order valence-electron chi connectivity index (χ1n) is 5.48. The van der Waals surface area contributed by atoms with Crippen LogP contribution in [0.2, 0.25) is 5.02 Å². The number of rotatable bonds is 4. The monoisotopic (exact) mass is 267 g/mol. The van der Waals surface area contributed by atoms with Crippen LogP contribution in [0.4, 0.5) is 0 Å². The van der Waals surface area contributed by atoms with Gasteiger partial charge in [0.25, 0.3) is 0 Å². The molecule has 6 heteroatoms. The van der Waals surface area contributed by atoms with Crippen molar-refractivity contribution in [2.45, 2.75) is 20.1 Å². The van der Waals surface area contributed by atoms with Gasteiger partial charge in [-0.15, -0.1) is 10.2 Å². The minimum Gasteiger partial charge on any atom is -0.485 e. The summed E-state index contributed by atoms with van der Waals surface area (Å²) in [5, 5.41) is 17.7. The number of aryl methyl sites for hydroxylation is 1. The molecule has 0 unspecified atom stereocenters. The Kier molecular flexibility index (Phi) is 3.84. The zero-order valence-corrected chi connectivity index (χ0v) is 11.0. The number of hydrogen-bond acceptors (Lipinski definition) is 4. The number of nitrogens with zero attached hydrogens (tertiary/aromatic N) is 3. The average molecular weight is 268 g/mol. The number of ether oxygens (including phenoxy) is 1. The lowest BCUT2D eigenvalue weighted by atomic mass is 10.2. The first-order chi connectivity index (χ1) is 8.61. The van der Waals surface area contributed by atoms with Crippen LogP contribution in [0.15, 0.2) is 18.2 Å². The summed E-state index contributed by atoms with van der Waals surface area (Å²) in [4.78, 5) is 0. The van der Waals surface area contributed by atoms with E-state index in [0.29, 0.717) is 22.9 Å². The third-order valence-electron chi connectivity index (χ3n) is 2.73. The Morgan fingerprint density at radius 2 is 2.17 bits per heavy atom. The Balaban J connectivity index is 2.13. The lowest BCUT2D eigenvalue weighted by Crippen LogP contribution is -2.05. The average Bonchev–Trinajstić information content (AvgIpc) is 2.68. The number of aliphatic hydroxyl groups is 1. The molecule has 0 saturated heterocycles. The van der Waals surface area contributed by atoms with E-state index in [-0.39, 0.29) is 6.61 Å². The largest absolute Gasteiger partial charge is 0.485 e. The van der Waals surface area contributed by atoms with Gasteiger partial charge in [0.05, 0.1) is 6.61 Å². The maximum Gasteiger partial charge on any atom is 0.170 e.